The molecule has 5 heteroatoms. The van der Waals surface area contributed by atoms with Gasteiger partial charge < -0.3 is 4.90 Å². The lowest BCUT2D eigenvalue weighted by atomic mass is 10.4. The quantitative estimate of drug-likeness (QED) is 0.716. The van der Waals surface area contributed by atoms with Crippen molar-refractivity contribution in [1.82, 2.24) is 9.38 Å². The van der Waals surface area contributed by atoms with Gasteiger partial charge in [0.1, 0.15) is 0 Å². The highest BCUT2D eigenvalue weighted by Gasteiger charge is 2.12. The minimum absolute atomic E-state index is 0.491. The zero-order valence-corrected chi connectivity index (χ0v) is 9.06. The average molecular weight is 216 g/mol. The molecule has 2 heterocycles. The Kier molecular flexibility index (Phi) is 2.17. The van der Waals surface area contributed by atoms with Gasteiger partial charge in [0.2, 0.25) is 0 Å². The van der Waals surface area contributed by atoms with E-state index in [9.17, 15) is 0 Å². The molecule has 0 unspecified atom stereocenters. The van der Waals surface area contributed by atoms with Crippen molar-refractivity contribution in [3.05, 3.63) is 17.3 Å². The van der Waals surface area contributed by atoms with Crippen LogP contribution < -0.4 is 4.90 Å². The maximum atomic E-state index is 5.87. The van der Waals surface area contributed by atoms with Gasteiger partial charge in [0, 0.05) is 25.7 Å². The molecule has 70 valence electrons. The van der Waals surface area contributed by atoms with Gasteiger partial charge in [-0.15, -0.1) is 22.9 Å². The van der Waals surface area contributed by atoms with Crippen LogP contribution in [0.1, 0.15) is 5.69 Å². The van der Waals surface area contributed by atoms with Crippen LogP contribution in [0, 0.1) is 0 Å². The minimum Gasteiger partial charge on any atom is -0.361 e. The number of aromatic nitrogens is 2. The van der Waals surface area contributed by atoms with Crippen LogP contribution in [-0.2, 0) is 5.88 Å². The van der Waals surface area contributed by atoms with Crippen molar-refractivity contribution in [3.63, 3.8) is 0 Å². The first-order valence-electron chi connectivity index (χ1n) is 3.91. The molecule has 0 aromatic carbocycles. The normalized spacial score (nSPS) is 11.0. The van der Waals surface area contributed by atoms with Crippen LogP contribution in [0.25, 0.3) is 4.96 Å². The van der Waals surface area contributed by atoms with Crippen LogP contribution in [0.3, 0.4) is 0 Å². The molecular weight excluding hydrogens is 206 g/mol. The largest absolute Gasteiger partial charge is 0.361 e. The van der Waals surface area contributed by atoms with E-state index in [1.807, 2.05) is 35.0 Å². The molecule has 0 radical (unpaired) electrons. The van der Waals surface area contributed by atoms with E-state index in [1.54, 1.807) is 11.3 Å². The fourth-order valence-electron chi connectivity index (χ4n) is 1.30. The van der Waals surface area contributed by atoms with E-state index in [-0.39, 0.29) is 0 Å². The predicted octanol–water partition coefficient (Wildman–Crippen LogP) is 2.20. The number of anilines is 1. The summed E-state index contributed by atoms with van der Waals surface area (Å²) in [5.74, 6) is 1.45. The third kappa shape index (κ3) is 1.30. The molecule has 0 fully saturated rings. The minimum atomic E-state index is 0.491. The van der Waals surface area contributed by atoms with Crippen molar-refractivity contribution in [2.75, 3.05) is 19.0 Å². The molecule has 0 saturated carbocycles. The Morgan fingerprint density at radius 1 is 1.62 bits per heavy atom. The van der Waals surface area contributed by atoms with E-state index in [2.05, 4.69) is 4.98 Å². The second kappa shape index (κ2) is 3.20. The number of imidazole rings is 1. The molecule has 0 aliphatic rings. The van der Waals surface area contributed by atoms with Crippen LogP contribution in [0.2, 0.25) is 0 Å². The molecule has 0 spiro atoms. The van der Waals surface area contributed by atoms with Gasteiger partial charge in [0.25, 0.3) is 0 Å². The highest BCUT2D eigenvalue weighted by Crippen LogP contribution is 2.24. The number of alkyl halides is 1. The first-order chi connectivity index (χ1) is 6.24. The standard InChI is InChI=1S/C8H10ClN3S/c1-11(2)7-6(5-9)12-3-4-13-8(12)10-7/h3-4H,5H2,1-2H3. The number of halogens is 1. The van der Waals surface area contributed by atoms with E-state index in [0.29, 0.717) is 5.88 Å². The summed E-state index contributed by atoms with van der Waals surface area (Å²) >= 11 is 7.49. The maximum Gasteiger partial charge on any atom is 0.195 e. The van der Waals surface area contributed by atoms with E-state index in [1.165, 1.54) is 0 Å². The van der Waals surface area contributed by atoms with Crippen LogP contribution in [0.15, 0.2) is 11.6 Å². The van der Waals surface area contributed by atoms with Crippen LogP contribution >= 0.6 is 22.9 Å². The fraction of sp³-hybridized carbons (Fsp3) is 0.375. The number of fused-ring (bicyclic) bond motifs is 1. The van der Waals surface area contributed by atoms with Gasteiger partial charge in [0.15, 0.2) is 10.8 Å². The molecule has 0 aliphatic carbocycles. The third-order valence-electron chi connectivity index (χ3n) is 1.89. The second-order valence-corrected chi connectivity index (χ2v) is 4.11. The monoisotopic (exact) mass is 215 g/mol. The summed E-state index contributed by atoms with van der Waals surface area (Å²) in [6.07, 6.45) is 2.00. The Morgan fingerprint density at radius 2 is 2.38 bits per heavy atom. The average Bonchev–Trinajstić information content (AvgIpc) is 2.60. The molecule has 0 saturated heterocycles. The fourth-order valence-corrected chi connectivity index (χ4v) is 2.28. The lowest BCUT2D eigenvalue weighted by Gasteiger charge is -2.09. The summed E-state index contributed by atoms with van der Waals surface area (Å²) in [4.78, 5) is 7.45. The van der Waals surface area contributed by atoms with Crippen molar-refractivity contribution < 1.29 is 0 Å². The molecule has 0 aliphatic heterocycles. The van der Waals surface area contributed by atoms with Crippen LogP contribution in [0.5, 0.6) is 0 Å². The third-order valence-corrected chi connectivity index (χ3v) is 2.90. The molecular formula is C8H10ClN3S. The van der Waals surface area contributed by atoms with Crippen molar-refractivity contribution >= 4 is 33.7 Å². The second-order valence-electron chi connectivity index (χ2n) is 2.97. The van der Waals surface area contributed by atoms with Gasteiger partial charge in [-0.25, -0.2) is 4.98 Å². The number of thiazole rings is 1. The Labute approximate surface area is 85.6 Å². The molecule has 2 aromatic heterocycles. The van der Waals surface area contributed by atoms with Gasteiger partial charge in [-0.1, -0.05) is 0 Å². The van der Waals surface area contributed by atoms with E-state index in [0.717, 1.165) is 16.5 Å². The highest BCUT2D eigenvalue weighted by molar-refractivity contribution is 7.15. The van der Waals surface area contributed by atoms with Gasteiger partial charge in [-0.2, -0.15) is 0 Å². The van der Waals surface area contributed by atoms with Crippen molar-refractivity contribution in [3.8, 4) is 0 Å². The van der Waals surface area contributed by atoms with Gasteiger partial charge in [-0.05, 0) is 0 Å². The zero-order chi connectivity index (χ0) is 9.42. The molecule has 0 atom stereocenters. The first kappa shape index (κ1) is 8.84. The molecule has 3 nitrogen and oxygen atoms in total. The maximum absolute atomic E-state index is 5.87. The zero-order valence-electron chi connectivity index (χ0n) is 7.49. The van der Waals surface area contributed by atoms with Crippen molar-refractivity contribution in [2.24, 2.45) is 0 Å². The van der Waals surface area contributed by atoms with Gasteiger partial charge in [-0.3, -0.25) is 4.40 Å². The van der Waals surface area contributed by atoms with E-state index >= 15 is 0 Å². The van der Waals surface area contributed by atoms with Gasteiger partial charge in [0.05, 0.1) is 11.6 Å². The first-order valence-corrected chi connectivity index (χ1v) is 5.33. The summed E-state index contributed by atoms with van der Waals surface area (Å²) < 4.78 is 2.03. The molecule has 2 rings (SSSR count). The Hall–Kier alpha value is -0.740. The molecule has 0 amide bonds. The smallest absolute Gasteiger partial charge is 0.195 e. The lowest BCUT2D eigenvalue weighted by Crippen LogP contribution is -2.11. The lowest BCUT2D eigenvalue weighted by molar-refractivity contribution is 1.04. The molecule has 0 N–H and O–H groups in total. The Balaban J connectivity index is 2.67. The molecule has 0 bridgehead atoms. The Bertz CT molecular complexity index is 418. The molecule has 13 heavy (non-hydrogen) atoms. The van der Waals surface area contributed by atoms with E-state index in [4.69, 9.17) is 11.6 Å². The van der Waals surface area contributed by atoms with Gasteiger partial charge >= 0.3 is 0 Å². The Morgan fingerprint density at radius 3 is 3.00 bits per heavy atom. The summed E-state index contributed by atoms with van der Waals surface area (Å²) in [6.45, 7) is 0. The topological polar surface area (TPSA) is 20.5 Å². The molecule has 2 aromatic rings. The SMILES string of the molecule is CN(C)c1nc2sccn2c1CCl. The summed E-state index contributed by atoms with van der Waals surface area (Å²) in [5.41, 5.74) is 1.06. The van der Waals surface area contributed by atoms with Crippen LogP contribution in [-0.4, -0.2) is 23.5 Å². The van der Waals surface area contributed by atoms with Crippen molar-refractivity contribution in [2.45, 2.75) is 5.88 Å². The number of hydrogen-bond donors (Lipinski definition) is 0. The number of rotatable bonds is 2. The summed E-state index contributed by atoms with van der Waals surface area (Å²) in [5, 5.41) is 2.01. The summed E-state index contributed by atoms with van der Waals surface area (Å²) in [7, 11) is 3.95. The number of nitrogens with zero attached hydrogens (tertiary/aromatic N) is 3. The van der Waals surface area contributed by atoms with Crippen molar-refractivity contribution in [1.29, 1.82) is 0 Å². The highest BCUT2D eigenvalue weighted by atomic mass is 35.5. The number of hydrogen-bond acceptors (Lipinski definition) is 3. The predicted molar refractivity (Wildman–Crippen MR) is 57.0 cm³/mol. The van der Waals surface area contributed by atoms with Crippen LogP contribution in [0.4, 0.5) is 5.82 Å². The van der Waals surface area contributed by atoms with E-state index < -0.39 is 0 Å². The summed E-state index contributed by atoms with van der Waals surface area (Å²) in [6, 6.07) is 0.